The molecule has 2 amide bonds. The normalized spacial score (nSPS) is 17.4. The summed E-state index contributed by atoms with van der Waals surface area (Å²) >= 11 is 9.32. The van der Waals surface area contributed by atoms with Crippen molar-refractivity contribution in [2.24, 2.45) is 5.92 Å². The Hall–Kier alpha value is -1.85. The maximum Gasteiger partial charge on any atom is 0.229 e. The van der Waals surface area contributed by atoms with Crippen LogP contribution < -0.4 is 10.2 Å². The fourth-order valence-corrected chi connectivity index (χ4v) is 3.00. The molecule has 118 valence electrons. The summed E-state index contributed by atoms with van der Waals surface area (Å²) in [5.74, 6) is -0.585. The van der Waals surface area contributed by atoms with Crippen LogP contribution in [0.1, 0.15) is 6.42 Å². The minimum absolute atomic E-state index is 0.0665. The maximum absolute atomic E-state index is 12.4. The van der Waals surface area contributed by atoms with E-state index in [2.05, 4.69) is 21.2 Å². The van der Waals surface area contributed by atoms with E-state index in [1.807, 2.05) is 30.3 Å². The number of hydrogen-bond acceptors (Lipinski definition) is 2. The summed E-state index contributed by atoms with van der Waals surface area (Å²) in [6.45, 7) is 0.363. The van der Waals surface area contributed by atoms with E-state index in [0.717, 1.165) is 10.2 Å². The molecule has 0 bridgehead atoms. The fraction of sp³-hybridized carbons (Fsp3) is 0.176. The molecule has 1 atom stereocenters. The van der Waals surface area contributed by atoms with Crippen molar-refractivity contribution in [1.29, 1.82) is 0 Å². The molecule has 1 saturated heterocycles. The third-order valence-electron chi connectivity index (χ3n) is 3.73. The van der Waals surface area contributed by atoms with E-state index in [4.69, 9.17) is 11.6 Å². The van der Waals surface area contributed by atoms with E-state index >= 15 is 0 Å². The Balaban J connectivity index is 1.69. The van der Waals surface area contributed by atoms with Crippen molar-refractivity contribution in [2.45, 2.75) is 6.42 Å². The van der Waals surface area contributed by atoms with Crippen molar-refractivity contribution in [3.05, 3.63) is 58.0 Å². The number of nitrogens with one attached hydrogen (secondary N) is 1. The molecular weight excluding hydrogens is 380 g/mol. The van der Waals surface area contributed by atoms with Gasteiger partial charge in [0.2, 0.25) is 11.8 Å². The highest BCUT2D eigenvalue weighted by atomic mass is 79.9. The van der Waals surface area contributed by atoms with E-state index < -0.39 is 0 Å². The Bertz CT molecular complexity index is 749. The standard InChI is InChI=1S/C17H14BrClN2O2/c18-12-4-6-14(7-5-12)20-17(23)11-8-16(22)21(10-11)15-3-1-2-13(19)9-15/h1-7,9,11H,8,10H2,(H,20,23). The predicted molar refractivity (Wildman–Crippen MR) is 94.7 cm³/mol. The van der Waals surface area contributed by atoms with Crippen LogP contribution in [0.3, 0.4) is 0 Å². The quantitative estimate of drug-likeness (QED) is 0.854. The first kappa shape index (κ1) is 16.0. The van der Waals surface area contributed by atoms with Crippen molar-refractivity contribution >= 4 is 50.7 Å². The smallest absolute Gasteiger partial charge is 0.229 e. The lowest BCUT2D eigenvalue weighted by atomic mass is 10.1. The van der Waals surface area contributed by atoms with Crippen LogP contribution in [0.4, 0.5) is 11.4 Å². The maximum atomic E-state index is 12.4. The monoisotopic (exact) mass is 392 g/mol. The summed E-state index contributed by atoms with van der Waals surface area (Å²) in [4.78, 5) is 26.2. The Morgan fingerprint density at radius 2 is 1.96 bits per heavy atom. The average molecular weight is 394 g/mol. The third-order valence-corrected chi connectivity index (χ3v) is 4.49. The molecule has 3 rings (SSSR count). The summed E-state index contributed by atoms with van der Waals surface area (Å²) in [5, 5.41) is 3.42. The molecule has 2 aromatic carbocycles. The lowest BCUT2D eigenvalue weighted by molar-refractivity contribution is -0.122. The van der Waals surface area contributed by atoms with Gasteiger partial charge in [-0.15, -0.1) is 0 Å². The molecule has 1 fully saturated rings. The van der Waals surface area contributed by atoms with Crippen molar-refractivity contribution in [2.75, 3.05) is 16.8 Å². The Kier molecular flexibility index (Phi) is 4.68. The molecule has 0 saturated carbocycles. The van der Waals surface area contributed by atoms with Crippen LogP contribution in [0, 0.1) is 5.92 Å². The highest BCUT2D eigenvalue weighted by Crippen LogP contribution is 2.28. The Morgan fingerprint density at radius 1 is 1.22 bits per heavy atom. The van der Waals surface area contributed by atoms with Gasteiger partial charge in [0.25, 0.3) is 0 Å². The molecule has 1 heterocycles. The molecule has 2 aromatic rings. The summed E-state index contributed by atoms with van der Waals surface area (Å²) in [7, 11) is 0. The highest BCUT2D eigenvalue weighted by Gasteiger charge is 2.35. The van der Waals surface area contributed by atoms with Crippen LogP contribution in [0.25, 0.3) is 0 Å². The van der Waals surface area contributed by atoms with Crippen LogP contribution in [0.15, 0.2) is 53.0 Å². The molecule has 0 aliphatic carbocycles. The minimum atomic E-state index is -0.370. The number of nitrogens with zero attached hydrogens (tertiary/aromatic N) is 1. The molecule has 23 heavy (non-hydrogen) atoms. The topological polar surface area (TPSA) is 49.4 Å². The molecule has 1 N–H and O–H groups in total. The zero-order chi connectivity index (χ0) is 16.4. The zero-order valence-electron chi connectivity index (χ0n) is 12.1. The molecule has 1 aliphatic rings. The van der Waals surface area contributed by atoms with Crippen molar-refractivity contribution in [3.63, 3.8) is 0 Å². The number of carbonyl (C=O) groups excluding carboxylic acids is 2. The van der Waals surface area contributed by atoms with Gasteiger partial charge in [0.15, 0.2) is 0 Å². The van der Waals surface area contributed by atoms with Crippen molar-refractivity contribution < 1.29 is 9.59 Å². The zero-order valence-corrected chi connectivity index (χ0v) is 14.5. The van der Waals surface area contributed by atoms with Crippen LogP contribution in [0.2, 0.25) is 5.02 Å². The first-order valence-electron chi connectivity index (χ1n) is 7.15. The minimum Gasteiger partial charge on any atom is -0.326 e. The lowest BCUT2D eigenvalue weighted by Crippen LogP contribution is -2.28. The first-order valence-corrected chi connectivity index (χ1v) is 8.32. The molecule has 1 aliphatic heterocycles. The number of halogens is 2. The van der Waals surface area contributed by atoms with Crippen molar-refractivity contribution in [3.8, 4) is 0 Å². The van der Waals surface area contributed by atoms with E-state index in [1.165, 1.54) is 0 Å². The molecule has 4 nitrogen and oxygen atoms in total. The fourth-order valence-electron chi connectivity index (χ4n) is 2.55. The third kappa shape index (κ3) is 3.74. The molecule has 0 aromatic heterocycles. The average Bonchev–Trinajstić information content (AvgIpc) is 2.92. The Labute approximate surface area is 147 Å². The molecule has 0 radical (unpaired) electrons. The molecule has 1 unspecified atom stereocenters. The van der Waals surface area contributed by atoms with E-state index in [0.29, 0.717) is 17.3 Å². The summed E-state index contributed by atoms with van der Waals surface area (Å²) in [6.07, 6.45) is 0.203. The number of rotatable bonds is 3. The Morgan fingerprint density at radius 3 is 2.65 bits per heavy atom. The second-order valence-electron chi connectivity index (χ2n) is 5.38. The van der Waals surface area contributed by atoms with Gasteiger partial charge in [-0.2, -0.15) is 0 Å². The van der Waals surface area contributed by atoms with Crippen LogP contribution in [0.5, 0.6) is 0 Å². The van der Waals surface area contributed by atoms with Crippen LogP contribution >= 0.6 is 27.5 Å². The molecular formula is C17H14BrClN2O2. The summed E-state index contributed by atoms with van der Waals surface area (Å²) in [6, 6.07) is 14.4. The van der Waals surface area contributed by atoms with Gasteiger partial charge in [-0.05, 0) is 42.5 Å². The van der Waals surface area contributed by atoms with Gasteiger partial charge in [-0.3, -0.25) is 9.59 Å². The van der Waals surface area contributed by atoms with Gasteiger partial charge >= 0.3 is 0 Å². The lowest BCUT2D eigenvalue weighted by Gasteiger charge is -2.17. The highest BCUT2D eigenvalue weighted by molar-refractivity contribution is 9.10. The number of carbonyl (C=O) groups is 2. The molecule has 6 heteroatoms. The largest absolute Gasteiger partial charge is 0.326 e. The summed E-state index contributed by atoms with van der Waals surface area (Å²) in [5.41, 5.74) is 1.44. The van der Waals surface area contributed by atoms with E-state index in [-0.39, 0.29) is 24.2 Å². The number of amides is 2. The van der Waals surface area contributed by atoms with Crippen LogP contribution in [-0.4, -0.2) is 18.4 Å². The number of hydrogen-bond donors (Lipinski definition) is 1. The number of anilines is 2. The van der Waals surface area contributed by atoms with Crippen molar-refractivity contribution in [1.82, 2.24) is 0 Å². The predicted octanol–water partition coefficient (Wildman–Crippen LogP) is 4.09. The first-order chi connectivity index (χ1) is 11.0. The number of benzene rings is 2. The summed E-state index contributed by atoms with van der Waals surface area (Å²) < 4.78 is 0.943. The SMILES string of the molecule is O=C(Nc1ccc(Br)cc1)C1CC(=O)N(c2cccc(Cl)c2)C1. The van der Waals surface area contributed by atoms with E-state index in [1.54, 1.807) is 23.1 Å². The van der Waals surface area contributed by atoms with Crippen LogP contribution in [-0.2, 0) is 9.59 Å². The van der Waals surface area contributed by atoms with Gasteiger partial charge in [0, 0.05) is 33.8 Å². The van der Waals surface area contributed by atoms with Gasteiger partial charge in [0.05, 0.1) is 5.92 Å². The second-order valence-corrected chi connectivity index (χ2v) is 6.73. The second kappa shape index (κ2) is 6.72. The van der Waals surface area contributed by atoms with Gasteiger partial charge < -0.3 is 10.2 Å². The van der Waals surface area contributed by atoms with Gasteiger partial charge in [-0.1, -0.05) is 33.6 Å². The van der Waals surface area contributed by atoms with E-state index in [9.17, 15) is 9.59 Å². The molecule has 0 spiro atoms. The van der Waals surface area contributed by atoms with Gasteiger partial charge in [-0.25, -0.2) is 0 Å². The van der Waals surface area contributed by atoms with Gasteiger partial charge in [0.1, 0.15) is 0 Å².